The van der Waals surface area contributed by atoms with Crippen LogP contribution < -0.4 is 0 Å². The molecular formula is C5H3BrClNO. The van der Waals surface area contributed by atoms with Gasteiger partial charge in [-0.15, -0.1) is 0 Å². The highest BCUT2D eigenvalue weighted by molar-refractivity contribution is 9.10. The van der Waals surface area contributed by atoms with E-state index >= 15 is 0 Å². The van der Waals surface area contributed by atoms with Crippen molar-refractivity contribution in [1.29, 1.82) is 0 Å². The Morgan fingerprint density at radius 1 is 1.78 bits per heavy atom. The number of aromatic nitrogens is 1. The van der Waals surface area contributed by atoms with Gasteiger partial charge in [0.1, 0.15) is 0 Å². The predicted octanol–water partition coefficient (Wildman–Crippen LogP) is 2.16. The SMILES string of the molecule is O=C(Cl)c1cc(Br)c[nH]1. The summed E-state index contributed by atoms with van der Waals surface area (Å²) in [5.41, 5.74) is 0.406. The highest BCUT2D eigenvalue weighted by Gasteiger charge is 2.01. The Morgan fingerprint density at radius 2 is 2.44 bits per heavy atom. The molecule has 0 bridgehead atoms. The number of carbonyl (C=O) groups excluding carboxylic acids is 1. The minimum Gasteiger partial charge on any atom is -0.357 e. The summed E-state index contributed by atoms with van der Waals surface area (Å²) in [5.74, 6) is 0. The van der Waals surface area contributed by atoms with Gasteiger partial charge in [-0.25, -0.2) is 0 Å². The number of halogens is 2. The van der Waals surface area contributed by atoms with Crippen LogP contribution in [-0.2, 0) is 0 Å². The van der Waals surface area contributed by atoms with Crippen LogP contribution in [0.5, 0.6) is 0 Å². The summed E-state index contributed by atoms with van der Waals surface area (Å²) in [6.07, 6.45) is 1.65. The second-order valence-corrected chi connectivity index (χ2v) is 2.76. The zero-order valence-corrected chi connectivity index (χ0v) is 6.66. The van der Waals surface area contributed by atoms with Crippen molar-refractivity contribution in [2.24, 2.45) is 0 Å². The van der Waals surface area contributed by atoms with E-state index in [9.17, 15) is 4.79 Å². The van der Waals surface area contributed by atoms with Gasteiger partial charge in [0.15, 0.2) is 0 Å². The fraction of sp³-hybridized carbons (Fsp3) is 0. The fourth-order valence-corrected chi connectivity index (χ4v) is 0.934. The van der Waals surface area contributed by atoms with Gasteiger partial charge in [-0.2, -0.15) is 0 Å². The maximum absolute atomic E-state index is 10.4. The van der Waals surface area contributed by atoms with Crippen molar-refractivity contribution in [2.45, 2.75) is 0 Å². The molecule has 0 aromatic carbocycles. The van der Waals surface area contributed by atoms with Crippen molar-refractivity contribution < 1.29 is 4.79 Å². The number of hydrogen-bond acceptors (Lipinski definition) is 1. The van der Waals surface area contributed by atoms with E-state index in [1.54, 1.807) is 12.3 Å². The molecule has 0 radical (unpaired) electrons. The number of rotatable bonds is 1. The molecule has 0 aliphatic rings. The molecule has 0 aliphatic carbocycles. The smallest absolute Gasteiger partial charge is 0.268 e. The van der Waals surface area contributed by atoms with Crippen molar-refractivity contribution in [3.05, 3.63) is 22.4 Å². The Hall–Kier alpha value is -0.280. The van der Waals surface area contributed by atoms with Crippen LogP contribution in [0, 0.1) is 0 Å². The van der Waals surface area contributed by atoms with Gasteiger partial charge in [0.05, 0.1) is 5.69 Å². The van der Waals surface area contributed by atoms with Gasteiger partial charge in [0.2, 0.25) is 0 Å². The standard InChI is InChI=1S/C5H3BrClNO/c6-3-1-4(5(7)9)8-2-3/h1-2,8H. The average molecular weight is 208 g/mol. The lowest BCUT2D eigenvalue weighted by atomic mass is 10.5. The third-order valence-corrected chi connectivity index (χ3v) is 1.52. The predicted molar refractivity (Wildman–Crippen MR) is 38.7 cm³/mol. The zero-order chi connectivity index (χ0) is 6.85. The summed E-state index contributed by atoms with van der Waals surface area (Å²) >= 11 is 8.28. The molecule has 1 N–H and O–H groups in total. The van der Waals surface area contributed by atoms with Crippen LogP contribution >= 0.6 is 27.5 Å². The normalized spacial score (nSPS) is 9.56. The summed E-state index contributed by atoms with van der Waals surface area (Å²) in [5, 5.41) is -0.472. The van der Waals surface area contributed by atoms with Gasteiger partial charge in [-0.3, -0.25) is 4.79 Å². The minimum absolute atomic E-state index is 0.406. The second-order valence-electron chi connectivity index (χ2n) is 1.51. The first-order chi connectivity index (χ1) is 4.20. The highest BCUT2D eigenvalue weighted by atomic mass is 79.9. The van der Waals surface area contributed by atoms with Crippen molar-refractivity contribution in [1.82, 2.24) is 4.98 Å². The Labute approximate surface area is 65.3 Å². The fourth-order valence-electron chi connectivity index (χ4n) is 0.481. The van der Waals surface area contributed by atoms with Crippen LogP contribution in [0.25, 0.3) is 0 Å². The first kappa shape index (κ1) is 6.83. The van der Waals surface area contributed by atoms with Crippen LogP contribution in [0.2, 0.25) is 0 Å². The van der Waals surface area contributed by atoms with Crippen molar-refractivity contribution in [3.8, 4) is 0 Å². The monoisotopic (exact) mass is 207 g/mol. The Morgan fingerprint density at radius 3 is 2.67 bits per heavy atom. The summed E-state index contributed by atoms with van der Waals surface area (Å²) in [6.45, 7) is 0. The maximum Gasteiger partial charge on any atom is 0.268 e. The van der Waals surface area contributed by atoms with E-state index in [1.807, 2.05) is 0 Å². The molecule has 0 saturated heterocycles. The molecule has 4 heteroatoms. The molecule has 0 amide bonds. The van der Waals surface area contributed by atoms with E-state index in [-0.39, 0.29) is 0 Å². The van der Waals surface area contributed by atoms with Gasteiger partial charge in [-0.05, 0) is 33.6 Å². The van der Waals surface area contributed by atoms with E-state index in [0.29, 0.717) is 5.69 Å². The Balaban J connectivity index is 2.98. The quantitative estimate of drug-likeness (QED) is 0.705. The average Bonchev–Trinajstić information content (AvgIpc) is 2.14. The van der Waals surface area contributed by atoms with Gasteiger partial charge < -0.3 is 4.98 Å². The number of aromatic amines is 1. The van der Waals surface area contributed by atoms with Gasteiger partial charge >= 0.3 is 0 Å². The maximum atomic E-state index is 10.4. The van der Waals surface area contributed by atoms with E-state index in [4.69, 9.17) is 11.6 Å². The third kappa shape index (κ3) is 1.56. The summed E-state index contributed by atoms with van der Waals surface area (Å²) < 4.78 is 0.825. The van der Waals surface area contributed by atoms with Crippen molar-refractivity contribution >= 4 is 32.8 Å². The molecule has 0 fully saturated rings. The topological polar surface area (TPSA) is 32.9 Å². The molecule has 1 heterocycles. The molecule has 0 aliphatic heterocycles. The number of nitrogens with one attached hydrogen (secondary N) is 1. The summed E-state index contributed by atoms with van der Waals surface area (Å²) in [7, 11) is 0. The Bertz CT molecular complexity index is 233. The molecule has 1 aromatic rings. The van der Waals surface area contributed by atoms with Crippen LogP contribution in [0.1, 0.15) is 10.5 Å². The van der Waals surface area contributed by atoms with Crippen molar-refractivity contribution in [2.75, 3.05) is 0 Å². The van der Waals surface area contributed by atoms with Gasteiger partial charge in [0.25, 0.3) is 5.24 Å². The lowest BCUT2D eigenvalue weighted by Gasteiger charge is -1.79. The molecule has 0 spiro atoms. The number of carbonyl (C=O) groups is 1. The molecule has 2 nitrogen and oxygen atoms in total. The molecule has 0 saturated carbocycles. The van der Waals surface area contributed by atoms with E-state index < -0.39 is 5.24 Å². The lowest BCUT2D eigenvalue weighted by molar-refractivity contribution is 0.107. The van der Waals surface area contributed by atoms with Crippen LogP contribution in [-0.4, -0.2) is 10.2 Å². The van der Waals surface area contributed by atoms with Crippen LogP contribution in [0.15, 0.2) is 16.7 Å². The molecule has 9 heavy (non-hydrogen) atoms. The molecule has 0 unspecified atom stereocenters. The zero-order valence-electron chi connectivity index (χ0n) is 4.32. The van der Waals surface area contributed by atoms with E-state index in [1.165, 1.54) is 0 Å². The van der Waals surface area contributed by atoms with E-state index in [2.05, 4.69) is 20.9 Å². The summed E-state index contributed by atoms with van der Waals surface area (Å²) in [6, 6.07) is 1.62. The molecule has 48 valence electrons. The first-order valence-corrected chi connectivity index (χ1v) is 3.41. The van der Waals surface area contributed by atoms with Gasteiger partial charge in [-0.1, -0.05) is 0 Å². The second kappa shape index (κ2) is 2.54. The number of H-pyrrole nitrogens is 1. The Kier molecular flexibility index (Phi) is 1.93. The first-order valence-electron chi connectivity index (χ1n) is 2.24. The lowest BCUT2D eigenvalue weighted by Crippen LogP contribution is -1.85. The molecule has 0 atom stereocenters. The van der Waals surface area contributed by atoms with Crippen LogP contribution in [0.4, 0.5) is 0 Å². The van der Waals surface area contributed by atoms with Gasteiger partial charge in [0, 0.05) is 10.7 Å². The minimum atomic E-state index is -0.472. The largest absolute Gasteiger partial charge is 0.357 e. The van der Waals surface area contributed by atoms with Crippen molar-refractivity contribution in [3.63, 3.8) is 0 Å². The third-order valence-electron chi connectivity index (χ3n) is 0.860. The molecule has 1 aromatic heterocycles. The molecule has 1 rings (SSSR count). The molecular weight excluding hydrogens is 205 g/mol. The van der Waals surface area contributed by atoms with E-state index in [0.717, 1.165) is 4.47 Å². The van der Waals surface area contributed by atoms with Crippen LogP contribution in [0.3, 0.4) is 0 Å². The highest BCUT2D eigenvalue weighted by Crippen LogP contribution is 2.11. The summed E-state index contributed by atoms with van der Waals surface area (Å²) in [4.78, 5) is 13.0. The number of hydrogen-bond donors (Lipinski definition) is 1.